The lowest BCUT2D eigenvalue weighted by Crippen LogP contribution is -2.62. The zero-order chi connectivity index (χ0) is 16.5. The van der Waals surface area contributed by atoms with E-state index in [0.29, 0.717) is 19.6 Å². The van der Waals surface area contributed by atoms with Crippen LogP contribution in [-0.2, 0) is 13.3 Å². The van der Waals surface area contributed by atoms with Gasteiger partial charge < -0.3 is 13.3 Å². The molecule has 0 aliphatic carbocycles. The van der Waals surface area contributed by atoms with Crippen LogP contribution in [0.4, 0.5) is 13.2 Å². The van der Waals surface area contributed by atoms with Crippen molar-refractivity contribution in [3.05, 3.63) is 0 Å². The van der Waals surface area contributed by atoms with Gasteiger partial charge in [0.2, 0.25) is 0 Å². The van der Waals surface area contributed by atoms with Gasteiger partial charge in [0.05, 0.1) is 0 Å². The number of alkyl halides is 3. The molecule has 1 fully saturated rings. The molecule has 0 radical (unpaired) electrons. The van der Waals surface area contributed by atoms with Gasteiger partial charge in [-0.25, -0.2) is 0 Å². The maximum Gasteiger partial charge on any atom is 0.599 e. The monoisotopic (exact) mass is 343 g/mol. The summed E-state index contributed by atoms with van der Waals surface area (Å²) in [6.07, 6.45) is -1.09. The number of piperidine rings is 1. The van der Waals surface area contributed by atoms with Crippen LogP contribution in [0.15, 0.2) is 0 Å². The molecule has 0 unspecified atom stereocenters. The quantitative estimate of drug-likeness (QED) is 0.447. The third kappa shape index (κ3) is 6.95. The molecule has 132 valence electrons. The zero-order valence-electron chi connectivity index (χ0n) is 13.6. The van der Waals surface area contributed by atoms with Gasteiger partial charge in [0.15, 0.2) is 0 Å². The van der Waals surface area contributed by atoms with E-state index in [1.807, 2.05) is 13.8 Å². The number of halogens is 3. The van der Waals surface area contributed by atoms with E-state index in [2.05, 4.69) is 4.57 Å². The first-order valence-electron chi connectivity index (χ1n) is 8.17. The molecule has 1 aliphatic rings. The van der Waals surface area contributed by atoms with Gasteiger partial charge in [0, 0.05) is 26.2 Å². The maximum atomic E-state index is 12.2. The zero-order valence-corrected chi connectivity index (χ0v) is 14.6. The molecule has 0 atom stereocenters. The molecule has 0 aromatic carbocycles. The Morgan fingerprint density at radius 1 is 0.909 bits per heavy atom. The van der Waals surface area contributed by atoms with Crippen LogP contribution in [-0.4, -0.2) is 52.6 Å². The van der Waals surface area contributed by atoms with E-state index in [1.54, 1.807) is 0 Å². The van der Waals surface area contributed by atoms with E-state index < -0.39 is 21.6 Å². The highest BCUT2D eigenvalue weighted by atomic mass is 28.4. The first-order valence-corrected chi connectivity index (χ1v) is 9.84. The molecule has 0 bridgehead atoms. The molecule has 22 heavy (non-hydrogen) atoms. The molecule has 1 heterocycles. The van der Waals surface area contributed by atoms with Crippen molar-refractivity contribution in [3.8, 4) is 0 Å². The normalized spacial score (nSPS) is 17.9. The highest BCUT2D eigenvalue weighted by Crippen LogP contribution is 2.24. The first-order chi connectivity index (χ1) is 10.4. The van der Waals surface area contributed by atoms with Gasteiger partial charge >= 0.3 is 15.1 Å². The fraction of sp³-hybridized carbons (Fsp3) is 1.00. The van der Waals surface area contributed by atoms with Gasteiger partial charge in [0.25, 0.3) is 0 Å². The van der Waals surface area contributed by atoms with Crippen molar-refractivity contribution in [1.29, 1.82) is 0 Å². The maximum absolute atomic E-state index is 12.2. The van der Waals surface area contributed by atoms with Gasteiger partial charge in [0.1, 0.15) is 0 Å². The molecule has 1 aliphatic heterocycles. The van der Waals surface area contributed by atoms with Crippen molar-refractivity contribution in [2.45, 2.75) is 58.5 Å². The molecule has 0 spiro atoms. The number of unbranched alkanes of at least 4 members (excludes halogenated alkanes) is 1. The standard InChI is InChI=1S/C14H28F3NO3Si/c1-3-19-22(20-4-2,18-11-7-5-8-12-18)21-13-9-6-10-14(15,16)17/h3-13H2,1-2H3. The molecule has 0 aromatic rings. The van der Waals surface area contributed by atoms with Gasteiger partial charge in [-0.1, -0.05) is 6.42 Å². The van der Waals surface area contributed by atoms with E-state index in [1.165, 1.54) is 6.42 Å². The summed E-state index contributed by atoms with van der Waals surface area (Å²) in [7, 11) is -2.94. The summed E-state index contributed by atoms with van der Waals surface area (Å²) in [5, 5.41) is 0. The summed E-state index contributed by atoms with van der Waals surface area (Å²) < 4.78 is 56.3. The topological polar surface area (TPSA) is 30.9 Å². The van der Waals surface area contributed by atoms with Crippen molar-refractivity contribution >= 4 is 8.97 Å². The third-order valence-corrected chi connectivity index (χ3v) is 6.63. The second-order valence-electron chi connectivity index (χ2n) is 5.36. The van der Waals surface area contributed by atoms with Crippen LogP contribution in [0.1, 0.15) is 52.4 Å². The average Bonchev–Trinajstić information content (AvgIpc) is 2.47. The number of hydrogen-bond donors (Lipinski definition) is 0. The number of rotatable bonds is 10. The van der Waals surface area contributed by atoms with E-state index in [9.17, 15) is 13.2 Å². The summed E-state index contributed by atoms with van der Waals surface area (Å²) in [6.45, 7) is 6.72. The predicted molar refractivity (Wildman–Crippen MR) is 80.3 cm³/mol. The van der Waals surface area contributed by atoms with Crippen LogP contribution >= 0.6 is 0 Å². The minimum absolute atomic E-state index is 0.0756. The first kappa shape index (κ1) is 19.9. The molecule has 0 aromatic heterocycles. The lowest BCUT2D eigenvalue weighted by atomic mass is 10.2. The average molecular weight is 343 g/mol. The molecule has 4 nitrogen and oxygen atoms in total. The van der Waals surface area contributed by atoms with Crippen LogP contribution < -0.4 is 0 Å². The van der Waals surface area contributed by atoms with Crippen molar-refractivity contribution in [2.24, 2.45) is 0 Å². The largest absolute Gasteiger partial charge is 0.599 e. The summed E-state index contributed by atoms with van der Waals surface area (Å²) in [5.74, 6) is 0. The molecule has 0 saturated carbocycles. The second kappa shape index (κ2) is 9.87. The fourth-order valence-electron chi connectivity index (χ4n) is 2.56. The highest BCUT2D eigenvalue weighted by molar-refractivity contribution is 6.57. The Morgan fingerprint density at radius 2 is 1.50 bits per heavy atom. The van der Waals surface area contributed by atoms with Gasteiger partial charge in [-0.15, -0.1) is 0 Å². The van der Waals surface area contributed by atoms with E-state index in [-0.39, 0.29) is 13.0 Å². The smallest absolute Gasteiger partial charge is 0.361 e. The lowest BCUT2D eigenvalue weighted by Gasteiger charge is -2.39. The van der Waals surface area contributed by atoms with Crippen molar-refractivity contribution in [1.82, 2.24) is 4.57 Å². The lowest BCUT2D eigenvalue weighted by molar-refractivity contribution is -0.136. The summed E-state index contributed by atoms with van der Waals surface area (Å²) in [5.41, 5.74) is 0. The van der Waals surface area contributed by atoms with Crippen molar-refractivity contribution in [3.63, 3.8) is 0 Å². The molecular weight excluding hydrogens is 315 g/mol. The van der Waals surface area contributed by atoms with Gasteiger partial charge in [-0.05, 0) is 52.6 Å². The fourth-order valence-corrected chi connectivity index (χ4v) is 5.35. The SMILES string of the molecule is CCO[Si](OCC)(OCCCCC(F)(F)F)N1CCCCC1. The van der Waals surface area contributed by atoms with Crippen LogP contribution in [0.2, 0.25) is 0 Å². The Kier molecular flexibility index (Phi) is 8.92. The summed E-state index contributed by atoms with van der Waals surface area (Å²) in [6, 6.07) is 0. The summed E-state index contributed by atoms with van der Waals surface area (Å²) in [4.78, 5) is 0. The van der Waals surface area contributed by atoms with Crippen LogP contribution in [0.5, 0.6) is 0 Å². The second-order valence-corrected chi connectivity index (χ2v) is 7.90. The highest BCUT2D eigenvalue weighted by Gasteiger charge is 2.49. The third-order valence-electron chi connectivity index (χ3n) is 3.54. The Hall–Kier alpha value is -0.153. The summed E-state index contributed by atoms with van der Waals surface area (Å²) >= 11 is 0. The van der Waals surface area contributed by atoms with E-state index in [4.69, 9.17) is 13.3 Å². The predicted octanol–water partition coefficient (Wildman–Crippen LogP) is 3.73. The minimum atomic E-state index is -4.10. The Labute approximate surface area is 132 Å². The Balaban J connectivity index is 2.52. The van der Waals surface area contributed by atoms with Crippen LogP contribution in [0, 0.1) is 0 Å². The minimum Gasteiger partial charge on any atom is -0.361 e. The Morgan fingerprint density at radius 3 is 2.00 bits per heavy atom. The van der Waals surface area contributed by atoms with Crippen molar-refractivity contribution < 1.29 is 26.4 Å². The van der Waals surface area contributed by atoms with Gasteiger partial charge in [-0.3, -0.25) is 4.57 Å². The van der Waals surface area contributed by atoms with Crippen molar-refractivity contribution in [2.75, 3.05) is 32.9 Å². The van der Waals surface area contributed by atoms with Gasteiger partial charge in [-0.2, -0.15) is 13.2 Å². The molecule has 1 saturated heterocycles. The molecule has 1 rings (SSSR count). The van der Waals surface area contributed by atoms with Crippen LogP contribution in [0.25, 0.3) is 0 Å². The van der Waals surface area contributed by atoms with E-state index in [0.717, 1.165) is 25.9 Å². The number of hydrogen-bond acceptors (Lipinski definition) is 4. The van der Waals surface area contributed by atoms with E-state index >= 15 is 0 Å². The van der Waals surface area contributed by atoms with Crippen LogP contribution in [0.3, 0.4) is 0 Å². The Bertz CT molecular complexity index is 294. The molecular formula is C14H28F3NO3Si. The number of nitrogens with zero attached hydrogens (tertiary/aromatic N) is 1. The molecule has 8 heteroatoms. The molecule has 0 N–H and O–H groups in total. The molecule has 0 amide bonds.